The van der Waals surface area contributed by atoms with Crippen LogP contribution in [0.15, 0.2) is 29.8 Å². The minimum Gasteiger partial charge on any atom is -0.465 e. The predicted octanol–water partition coefficient (Wildman–Crippen LogP) is 1.15. The van der Waals surface area contributed by atoms with Crippen LogP contribution in [0.25, 0.3) is 5.57 Å². The molecule has 0 atom stereocenters. The zero-order valence-corrected chi connectivity index (χ0v) is 9.94. The monoisotopic (exact) mass is 245 g/mol. The van der Waals surface area contributed by atoms with Gasteiger partial charge in [-0.15, -0.1) is 0 Å². The van der Waals surface area contributed by atoms with Crippen molar-refractivity contribution in [1.82, 2.24) is 0 Å². The van der Waals surface area contributed by atoms with E-state index in [0.29, 0.717) is 11.3 Å². The molecule has 1 aliphatic rings. The molecule has 0 bridgehead atoms. The van der Waals surface area contributed by atoms with Crippen molar-refractivity contribution in [3.63, 3.8) is 0 Å². The molecule has 1 amide bonds. The summed E-state index contributed by atoms with van der Waals surface area (Å²) in [5.74, 6) is -1.76. The van der Waals surface area contributed by atoms with Crippen LogP contribution in [0.5, 0.6) is 0 Å². The first-order valence-electron chi connectivity index (χ1n) is 5.30. The fourth-order valence-corrected chi connectivity index (χ4v) is 1.89. The van der Waals surface area contributed by atoms with Crippen molar-refractivity contribution in [2.45, 2.75) is 6.92 Å². The third-order valence-corrected chi connectivity index (χ3v) is 2.66. The van der Waals surface area contributed by atoms with Gasteiger partial charge in [0.05, 0.1) is 12.7 Å². The van der Waals surface area contributed by atoms with Gasteiger partial charge in [0.15, 0.2) is 5.78 Å². The maximum atomic E-state index is 11.9. The molecule has 0 saturated heterocycles. The molecule has 1 aromatic rings. The third-order valence-electron chi connectivity index (χ3n) is 2.66. The van der Waals surface area contributed by atoms with E-state index >= 15 is 0 Å². The zero-order valence-electron chi connectivity index (χ0n) is 9.94. The number of nitrogens with one attached hydrogen (secondary N) is 1. The number of carbonyl (C=O) groups is 3. The Bertz CT molecular complexity index is 586. The highest BCUT2D eigenvalue weighted by Crippen LogP contribution is 2.34. The SMILES string of the molecule is COC(=O)/C(C(C)=O)=C1\C(=O)Nc2ccccc21. The fraction of sp³-hybridized carbons (Fsp3) is 0.154. The van der Waals surface area contributed by atoms with Crippen molar-refractivity contribution < 1.29 is 19.1 Å². The van der Waals surface area contributed by atoms with Gasteiger partial charge >= 0.3 is 5.97 Å². The molecule has 0 unspecified atom stereocenters. The van der Waals surface area contributed by atoms with E-state index in [0.717, 1.165) is 0 Å². The molecule has 0 saturated carbocycles. The number of ketones is 1. The summed E-state index contributed by atoms with van der Waals surface area (Å²) in [4.78, 5) is 35.0. The van der Waals surface area contributed by atoms with Gasteiger partial charge in [-0.1, -0.05) is 18.2 Å². The highest BCUT2D eigenvalue weighted by Gasteiger charge is 2.32. The van der Waals surface area contributed by atoms with Crippen molar-refractivity contribution >= 4 is 28.9 Å². The van der Waals surface area contributed by atoms with Crippen LogP contribution in [0.1, 0.15) is 12.5 Å². The van der Waals surface area contributed by atoms with Crippen LogP contribution >= 0.6 is 0 Å². The lowest BCUT2D eigenvalue weighted by molar-refractivity contribution is -0.137. The lowest BCUT2D eigenvalue weighted by Gasteiger charge is -2.05. The van der Waals surface area contributed by atoms with Gasteiger partial charge < -0.3 is 10.1 Å². The molecule has 1 aromatic carbocycles. The van der Waals surface area contributed by atoms with E-state index in [4.69, 9.17) is 0 Å². The molecule has 92 valence electrons. The molecule has 18 heavy (non-hydrogen) atoms. The van der Waals surface area contributed by atoms with Crippen molar-refractivity contribution in [2.75, 3.05) is 12.4 Å². The van der Waals surface area contributed by atoms with Gasteiger partial charge in [0, 0.05) is 11.3 Å². The van der Waals surface area contributed by atoms with Crippen molar-refractivity contribution in [3.05, 3.63) is 35.4 Å². The van der Waals surface area contributed by atoms with Gasteiger partial charge in [-0.2, -0.15) is 0 Å². The maximum absolute atomic E-state index is 11.9. The molecular weight excluding hydrogens is 234 g/mol. The number of amides is 1. The molecule has 1 heterocycles. The molecule has 0 spiro atoms. The Hall–Kier alpha value is -2.43. The summed E-state index contributed by atoms with van der Waals surface area (Å²) in [5.41, 5.74) is 0.975. The van der Waals surface area contributed by atoms with Gasteiger partial charge in [0.25, 0.3) is 5.91 Å². The van der Waals surface area contributed by atoms with Crippen molar-refractivity contribution in [3.8, 4) is 0 Å². The number of para-hydroxylation sites is 1. The van der Waals surface area contributed by atoms with E-state index < -0.39 is 17.7 Å². The number of benzene rings is 1. The number of carbonyl (C=O) groups excluding carboxylic acids is 3. The topological polar surface area (TPSA) is 72.5 Å². The number of anilines is 1. The molecule has 2 rings (SSSR count). The highest BCUT2D eigenvalue weighted by atomic mass is 16.5. The summed E-state index contributed by atoms with van der Waals surface area (Å²) in [7, 11) is 1.17. The first kappa shape index (κ1) is 12.0. The van der Waals surface area contributed by atoms with E-state index in [1.807, 2.05) is 0 Å². The highest BCUT2D eigenvalue weighted by molar-refractivity contribution is 6.40. The van der Waals surface area contributed by atoms with Crippen molar-refractivity contribution in [2.24, 2.45) is 0 Å². The van der Waals surface area contributed by atoms with Crippen LogP contribution < -0.4 is 5.32 Å². The number of rotatable bonds is 2. The molecule has 0 radical (unpaired) electrons. The van der Waals surface area contributed by atoms with Gasteiger partial charge in [-0.05, 0) is 13.0 Å². The van der Waals surface area contributed by atoms with Crippen LogP contribution in [-0.4, -0.2) is 24.8 Å². The largest absolute Gasteiger partial charge is 0.465 e. The quantitative estimate of drug-likeness (QED) is 0.367. The van der Waals surface area contributed by atoms with Crippen LogP contribution in [-0.2, 0) is 19.1 Å². The average Bonchev–Trinajstić information content (AvgIpc) is 2.66. The lowest BCUT2D eigenvalue weighted by atomic mass is 9.99. The van der Waals surface area contributed by atoms with E-state index in [1.54, 1.807) is 24.3 Å². The van der Waals surface area contributed by atoms with Crippen LogP contribution in [0.2, 0.25) is 0 Å². The molecule has 0 aliphatic carbocycles. The summed E-state index contributed by atoms with van der Waals surface area (Å²) >= 11 is 0. The normalized spacial score (nSPS) is 15.8. The Balaban J connectivity index is 2.70. The van der Waals surface area contributed by atoms with E-state index in [9.17, 15) is 14.4 Å². The second-order valence-electron chi connectivity index (χ2n) is 3.80. The maximum Gasteiger partial charge on any atom is 0.342 e. The Morgan fingerprint density at radius 3 is 2.50 bits per heavy atom. The molecule has 0 fully saturated rings. The van der Waals surface area contributed by atoms with Crippen molar-refractivity contribution in [1.29, 1.82) is 0 Å². The first-order chi connectivity index (χ1) is 8.56. The van der Waals surface area contributed by atoms with Crippen LogP contribution in [0.3, 0.4) is 0 Å². The van der Waals surface area contributed by atoms with Gasteiger partial charge in [0.1, 0.15) is 5.57 Å². The number of esters is 1. The number of ether oxygens (including phenoxy) is 1. The summed E-state index contributed by atoms with van der Waals surface area (Å²) in [6.45, 7) is 1.23. The Labute approximate surface area is 103 Å². The molecule has 1 aliphatic heterocycles. The first-order valence-corrected chi connectivity index (χ1v) is 5.30. The third kappa shape index (κ3) is 1.79. The number of fused-ring (bicyclic) bond motifs is 1. The average molecular weight is 245 g/mol. The number of hydrogen-bond donors (Lipinski definition) is 1. The Morgan fingerprint density at radius 2 is 1.89 bits per heavy atom. The fourth-order valence-electron chi connectivity index (χ4n) is 1.89. The standard InChI is InChI=1S/C13H11NO4/c1-7(15)10(13(17)18-2)11-8-5-3-4-6-9(8)14-12(11)16/h3-6H,1-2H3,(H,14,16)/b11-10-. The van der Waals surface area contributed by atoms with Crippen LogP contribution in [0, 0.1) is 0 Å². The van der Waals surface area contributed by atoms with E-state index in [2.05, 4.69) is 10.1 Å². The smallest absolute Gasteiger partial charge is 0.342 e. The second-order valence-corrected chi connectivity index (χ2v) is 3.80. The predicted molar refractivity (Wildman–Crippen MR) is 64.7 cm³/mol. The molecule has 5 nitrogen and oxygen atoms in total. The summed E-state index contributed by atoms with van der Waals surface area (Å²) in [5, 5.41) is 2.60. The molecular formula is C13H11NO4. The second kappa shape index (κ2) is 4.44. The van der Waals surface area contributed by atoms with E-state index in [1.165, 1.54) is 14.0 Å². The minimum absolute atomic E-state index is 0.0740. The number of hydrogen-bond acceptors (Lipinski definition) is 4. The zero-order chi connectivity index (χ0) is 13.3. The summed E-state index contributed by atoms with van der Waals surface area (Å²) < 4.78 is 4.55. The van der Waals surface area contributed by atoms with E-state index in [-0.39, 0.29) is 11.1 Å². The lowest BCUT2D eigenvalue weighted by Crippen LogP contribution is -2.17. The molecule has 5 heteroatoms. The van der Waals surface area contributed by atoms with Gasteiger partial charge in [-0.25, -0.2) is 4.79 Å². The number of Topliss-reactive ketones (excluding diaryl/α,β-unsaturated/α-hetero) is 1. The minimum atomic E-state index is -0.802. The summed E-state index contributed by atoms with van der Waals surface area (Å²) in [6.07, 6.45) is 0. The Morgan fingerprint density at radius 1 is 1.22 bits per heavy atom. The van der Waals surface area contributed by atoms with Gasteiger partial charge in [-0.3, -0.25) is 9.59 Å². The Kier molecular flexibility index (Phi) is 2.97. The molecule has 0 aromatic heterocycles. The molecule has 1 N–H and O–H groups in total. The van der Waals surface area contributed by atoms with Gasteiger partial charge in [0.2, 0.25) is 0 Å². The summed E-state index contributed by atoms with van der Waals surface area (Å²) in [6, 6.07) is 6.87. The van der Waals surface area contributed by atoms with Crippen LogP contribution in [0.4, 0.5) is 5.69 Å². The number of methoxy groups -OCH3 is 1.